The fourth-order valence-corrected chi connectivity index (χ4v) is 5.25. The quantitative estimate of drug-likeness (QED) is 0.242. The van der Waals surface area contributed by atoms with E-state index in [9.17, 15) is 17.6 Å². The van der Waals surface area contributed by atoms with Crippen LogP contribution in [-0.2, 0) is 10.0 Å². The number of carbonyl (C=O) groups excluding carboxylic acids is 1. The monoisotopic (exact) mass is 606 g/mol. The number of fused-ring (bicyclic) bond motifs is 2. The van der Waals surface area contributed by atoms with E-state index in [1.165, 1.54) is 62.8 Å². The SMILES string of the molecule is CNC(=O)c1c(-c2ccc(F)cc2)oc2cc(N(C)S(C)(=O)=O)c(-c3cc(F)c(F)c(-c4nc5ncccc5o4)c3)cc12. The van der Waals surface area contributed by atoms with Gasteiger partial charge in [-0.15, -0.1) is 0 Å². The van der Waals surface area contributed by atoms with E-state index in [0.717, 1.165) is 16.6 Å². The molecule has 1 amide bonds. The predicted octanol–water partition coefficient (Wildman–Crippen LogP) is 6.14. The van der Waals surface area contributed by atoms with E-state index in [0.29, 0.717) is 5.56 Å². The van der Waals surface area contributed by atoms with Gasteiger partial charge in [-0.2, -0.15) is 4.98 Å². The normalized spacial score (nSPS) is 11.8. The number of hydrogen-bond acceptors (Lipinski definition) is 7. The van der Waals surface area contributed by atoms with E-state index in [-0.39, 0.29) is 61.8 Å². The van der Waals surface area contributed by atoms with Gasteiger partial charge in [-0.3, -0.25) is 9.10 Å². The van der Waals surface area contributed by atoms with E-state index >= 15 is 8.78 Å². The number of halogens is 3. The third-order valence-corrected chi connectivity index (χ3v) is 8.13. The summed E-state index contributed by atoms with van der Waals surface area (Å²) < 4.78 is 81.9. The predicted molar refractivity (Wildman–Crippen MR) is 154 cm³/mol. The molecule has 6 aromatic rings. The molecule has 218 valence electrons. The van der Waals surface area contributed by atoms with Gasteiger partial charge in [-0.05, 0) is 60.2 Å². The lowest BCUT2D eigenvalue weighted by Crippen LogP contribution is -2.25. The van der Waals surface area contributed by atoms with Crippen LogP contribution in [0.4, 0.5) is 18.9 Å². The summed E-state index contributed by atoms with van der Waals surface area (Å²) in [5, 5.41) is 2.79. The maximum absolute atomic E-state index is 15.2. The van der Waals surface area contributed by atoms with Crippen molar-refractivity contribution >= 4 is 43.8 Å². The van der Waals surface area contributed by atoms with Crippen LogP contribution in [0.1, 0.15) is 10.4 Å². The number of hydrogen-bond donors (Lipinski definition) is 1. The summed E-state index contributed by atoms with van der Waals surface area (Å²) in [6.45, 7) is 0. The first-order valence-corrected chi connectivity index (χ1v) is 14.5. The van der Waals surface area contributed by atoms with E-state index in [1.807, 2.05) is 0 Å². The lowest BCUT2D eigenvalue weighted by Gasteiger charge is -2.21. The Kier molecular flexibility index (Phi) is 6.69. The van der Waals surface area contributed by atoms with Crippen molar-refractivity contribution in [1.29, 1.82) is 0 Å². The van der Waals surface area contributed by atoms with Gasteiger partial charge in [-0.1, -0.05) is 0 Å². The van der Waals surface area contributed by atoms with Gasteiger partial charge in [0, 0.05) is 42.9 Å². The van der Waals surface area contributed by atoms with Crippen LogP contribution in [0, 0.1) is 17.5 Å². The van der Waals surface area contributed by atoms with Crippen molar-refractivity contribution < 1.29 is 35.2 Å². The fraction of sp³-hybridized carbons (Fsp3) is 0.100. The van der Waals surface area contributed by atoms with Gasteiger partial charge in [-0.25, -0.2) is 26.6 Å². The van der Waals surface area contributed by atoms with Gasteiger partial charge in [0.2, 0.25) is 15.9 Å². The summed E-state index contributed by atoms with van der Waals surface area (Å²) >= 11 is 0. The number of carbonyl (C=O) groups is 1. The highest BCUT2D eigenvalue weighted by Crippen LogP contribution is 2.42. The van der Waals surface area contributed by atoms with Crippen molar-refractivity contribution in [1.82, 2.24) is 15.3 Å². The number of amides is 1. The summed E-state index contributed by atoms with van der Waals surface area (Å²) in [6, 6.07) is 13.5. The minimum Gasteiger partial charge on any atom is -0.455 e. The van der Waals surface area contributed by atoms with Crippen LogP contribution in [0.2, 0.25) is 0 Å². The second-order valence-electron chi connectivity index (χ2n) is 9.65. The number of benzene rings is 3. The molecular weight excluding hydrogens is 585 g/mol. The molecule has 1 N–H and O–H groups in total. The van der Waals surface area contributed by atoms with Crippen molar-refractivity contribution in [3.05, 3.63) is 89.9 Å². The number of furan rings is 1. The Morgan fingerprint density at radius 2 is 1.67 bits per heavy atom. The first-order valence-electron chi connectivity index (χ1n) is 12.7. The number of sulfonamides is 1. The lowest BCUT2D eigenvalue weighted by atomic mass is 9.97. The average molecular weight is 607 g/mol. The molecule has 0 aliphatic carbocycles. The zero-order valence-corrected chi connectivity index (χ0v) is 23.6. The van der Waals surface area contributed by atoms with E-state index in [2.05, 4.69) is 15.3 Å². The molecule has 0 aliphatic rings. The Bertz CT molecular complexity index is 2140. The van der Waals surface area contributed by atoms with Crippen LogP contribution < -0.4 is 9.62 Å². The molecule has 0 fully saturated rings. The third-order valence-electron chi connectivity index (χ3n) is 6.94. The molecule has 3 aromatic heterocycles. The van der Waals surface area contributed by atoms with Crippen molar-refractivity contribution in [3.8, 4) is 33.9 Å². The van der Waals surface area contributed by atoms with Crippen LogP contribution in [0.15, 0.2) is 75.7 Å². The summed E-state index contributed by atoms with van der Waals surface area (Å²) in [7, 11) is -1.17. The molecule has 0 spiro atoms. The molecule has 3 heterocycles. The zero-order valence-electron chi connectivity index (χ0n) is 22.8. The fourth-order valence-electron chi connectivity index (χ4n) is 4.74. The highest BCUT2D eigenvalue weighted by molar-refractivity contribution is 7.92. The van der Waals surface area contributed by atoms with E-state index < -0.39 is 33.4 Å². The molecule has 0 bridgehead atoms. The number of oxazole rings is 1. The summed E-state index contributed by atoms with van der Waals surface area (Å²) in [4.78, 5) is 21.3. The van der Waals surface area contributed by atoms with Gasteiger partial charge in [0.15, 0.2) is 22.9 Å². The molecule has 0 unspecified atom stereocenters. The highest BCUT2D eigenvalue weighted by Gasteiger charge is 2.27. The van der Waals surface area contributed by atoms with E-state index in [1.54, 1.807) is 12.1 Å². The van der Waals surface area contributed by atoms with E-state index in [4.69, 9.17) is 8.83 Å². The van der Waals surface area contributed by atoms with Crippen molar-refractivity contribution in [3.63, 3.8) is 0 Å². The average Bonchev–Trinajstić information content (AvgIpc) is 3.58. The molecule has 0 radical (unpaired) electrons. The molecule has 3 aromatic carbocycles. The highest BCUT2D eigenvalue weighted by atomic mass is 32.2. The first kappa shape index (κ1) is 28.0. The largest absolute Gasteiger partial charge is 0.455 e. The molecule has 0 atom stereocenters. The van der Waals surface area contributed by atoms with Crippen LogP contribution in [-0.4, -0.2) is 44.6 Å². The van der Waals surface area contributed by atoms with Crippen LogP contribution in [0.3, 0.4) is 0 Å². The Morgan fingerprint density at radius 3 is 2.35 bits per heavy atom. The smallest absolute Gasteiger partial charge is 0.255 e. The summed E-state index contributed by atoms with van der Waals surface area (Å²) in [5.74, 6) is -3.66. The summed E-state index contributed by atoms with van der Waals surface area (Å²) in [5.41, 5.74) is 0.936. The molecular formula is C30H21F3N4O5S. The van der Waals surface area contributed by atoms with Crippen molar-refractivity contribution in [2.75, 3.05) is 24.7 Å². The van der Waals surface area contributed by atoms with Crippen LogP contribution >= 0.6 is 0 Å². The van der Waals surface area contributed by atoms with Crippen LogP contribution in [0.5, 0.6) is 0 Å². The molecule has 6 rings (SSSR count). The standard InChI is InChI=1S/C30H21F3N4O5S/c1-34-29(38)25-19-13-18(16-11-20(26(33)21(32)12-16)30-36-28-23(42-30)5-4-10-35-28)22(37(2)43(3,39)40)14-24(19)41-27(25)15-6-8-17(31)9-7-15/h4-14H,1-3H3,(H,34,38). The second-order valence-corrected chi connectivity index (χ2v) is 11.7. The van der Waals surface area contributed by atoms with Gasteiger partial charge in [0.05, 0.1) is 23.1 Å². The zero-order chi connectivity index (χ0) is 30.6. The molecule has 0 saturated carbocycles. The number of rotatable bonds is 6. The molecule has 9 nitrogen and oxygen atoms in total. The Hall–Kier alpha value is -5.17. The number of nitrogens with zero attached hydrogens (tertiary/aromatic N) is 3. The Balaban J connectivity index is 1.65. The summed E-state index contributed by atoms with van der Waals surface area (Å²) in [6.07, 6.45) is 2.45. The number of aromatic nitrogens is 2. The van der Waals surface area contributed by atoms with Gasteiger partial charge >= 0.3 is 0 Å². The maximum atomic E-state index is 15.2. The van der Waals surface area contributed by atoms with Gasteiger partial charge in [0.1, 0.15) is 17.2 Å². The Morgan fingerprint density at radius 1 is 0.930 bits per heavy atom. The lowest BCUT2D eigenvalue weighted by molar-refractivity contribution is 0.0964. The number of pyridine rings is 1. The number of anilines is 1. The first-order chi connectivity index (χ1) is 20.5. The minimum absolute atomic E-state index is 0.0500. The molecule has 13 heteroatoms. The number of nitrogens with one attached hydrogen (secondary N) is 1. The molecule has 43 heavy (non-hydrogen) atoms. The Labute approximate surface area is 242 Å². The van der Waals surface area contributed by atoms with Crippen molar-refractivity contribution in [2.24, 2.45) is 0 Å². The molecule has 0 saturated heterocycles. The topological polar surface area (TPSA) is 119 Å². The van der Waals surface area contributed by atoms with Gasteiger partial charge < -0.3 is 14.2 Å². The van der Waals surface area contributed by atoms with Crippen molar-refractivity contribution in [2.45, 2.75) is 0 Å². The molecule has 0 aliphatic heterocycles. The second kappa shape index (κ2) is 10.3. The maximum Gasteiger partial charge on any atom is 0.255 e. The minimum atomic E-state index is -3.87. The third kappa shape index (κ3) is 4.87. The van der Waals surface area contributed by atoms with Crippen LogP contribution in [0.25, 0.3) is 56.1 Å². The van der Waals surface area contributed by atoms with Gasteiger partial charge in [0.25, 0.3) is 5.91 Å².